The topological polar surface area (TPSA) is 21.3 Å². The van der Waals surface area contributed by atoms with Gasteiger partial charge in [-0.05, 0) is 12.8 Å². The highest BCUT2D eigenvalue weighted by atomic mass is 19.2. The van der Waals surface area contributed by atoms with E-state index in [-0.39, 0.29) is 5.92 Å². The molecule has 14 heavy (non-hydrogen) atoms. The summed E-state index contributed by atoms with van der Waals surface area (Å²) >= 11 is 0. The Labute approximate surface area is 86.5 Å². The molecule has 0 amide bonds. The van der Waals surface area contributed by atoms with Gasteiger partial charge in [-0.1, -0.05) is 33.1 Å². The zero-order valence-electron chi connectivity index (χ0n) is 9.48. The zero-order valence-corrected chi connectivity index (χ0v) is 9.48. The quantitative estimate of drug-likeness (QED) is 0.481. The van der Waals surface area contributed by atoms with E-state index < -0.39 is 0 Å². The van der Waals surface area contributed by atoms with Gasteiger partial charge in [0.2, 0.25) is 0 Å². The lowest BCUT2D eigenvalue weighted by Gasteiger charge is -2.17. The van der Waals surface area contributed by atoms with Crippen molar-refractivity contribution in [2.24, 2.45) is 5.92 Å². The first-order chi connectivity index (χ1) is 6.79. The third-order valence-electron chi connectivity index (χ3n) is 2.34. The van der Waals surface area contributed by atoms with Crippen LogP contribution in [0, 0.1) is 5.92 Å². The van der Waals surface area contributed by atoms with Gasteiger partial charge in [0.15, 0.2) is 0 Å². The maximum atomic E-state index is 12.4. The standard InChI is InChI=1S/C11H22FNO/c1-4-6-8-10(7-5-2)11(13-12)9-14-3/h9-10,13H,4-8H2,1-3H3/b11-9+. The van der Waals surface area contributed by atoms with Gasteiger partial charge >= 0.3 is 0 Å². The highest BCUT2D eigenvalue weighted by molar-refractivity contribution is 4.98. The molecular formula is C11H22FNO. The van der Waals surface area contributed by atoms with Crippen LogP contribution in [-0.4, -0.2) is 7.11 Å². The highest BCUT2D eigenvalue weighted by Gasteiger charge is 2.13. The fourth-order valence-electron chi connectivity index (χ4n) is 1.58. The summed E-state index contributed by atoms with van der Waals surface area (Å²) in [5, 5.41) is 0. The molecule has 0 aromatic heterocycles. The number of hydrogen-bond acceptors (Lipinski definition) is 2. The van der Waals surface area contributed by atoms with Gasteiger partial charge in [-0.3, -0.25) is 0 Å². The van der Waals surface area contributed by atoms with Crippen molar-refractivity contribution in [2.75, 3.05) is 7.11 Å². The van der Waals surface area contributed by atoms with Crippen LogP contribution in [0.5, 0.6) is 0 Å². The minimum Gasteiger partial charge on any atom is -0.502 e. The summed E-state index contributed by atoms with van der Waals surface area (Å²) in [7, 11) is 1.54. The van der Waals surface area contributed by atoms with E-state index >= 15 is 0 Å². The van der Waals surface area contributed by atoms with Crippen LogP contribution in [0.2, 0.25) is 0 Å². The van der Waals surface area contributed by atoms with Crippen molar-refractivity contribution in [3.63, 3.8) is 0 Å². The maximum absolute atomic E-state index is 12.4. The normalized spacial score (nSPS) is 13.9. The third kappa shape index (κ3) is 5.10. The second-order valence-corrected chi connectivity index (χ2v) is 3.53. The van der Waals surface area contributed by atoms with E-state index in [4.69, 9.17) is 4.74 Å². The van der Waals surface area contributed by atoms with Gasteiger partial charge < -0.3 is 4.74 Å². The first-order valence-corrected chi connectivity index (χ1v) is 5.39. The Morgan fingerprint density at radius 3 is 2.50 bits per heavy atom. The number of halogens is 1. The summed E-state index contributed by atoms with van der Waals surface area (Å²) in [5.41, 5.74) is 2.30. The lowest BCUT2D eigenvalue weighted by atomic mass is 9.94. The van der Waals surface area contributed by atoms with E-state index in [1.807, 2.05) is 0 Å². The van der Waals surface area contributed by atoms with Crippen molar-refractivity contribution in [1.82, 2.24) is 5.54 Å². The molecule has 0 rings (SSSR count). The Balaban J connectivity index is 4.19. The Bertz CT molecular complexity index is 159. The summed E-state index contributed by atoms with van der Waals surface area (Å²) in [5.74, 6) is 0.268. The monoisotopic (exact) mass is 203 g/mol. The van der Waals surface area contributed by atoms with E-state index in [2.05, 4.69) is 13.8 Å². The second kappa shape index (κ2) is 8.85. The molecule has 3 heteroatoms. The Hall–Kier alpha value is -0.730. The SMILES string of the molecule is CCCCC(CCC)/C(=C\OC)NF. The van der Waals surface area contributed by atoms with Crippen LogP contribution in [0.1, 0.15) is 46.0 Å². The third-order valence-corrected chi connectivity index (χ3v) is 2.34. The predicted octanol–water partition coefficient (Wildman–Crippen LogP) is 3.55. The lowest BCUT2D eigenvalue weighted by Crippen LogP contribution is -2.14. The Kier molecular flexibility index (Phi) is 8.39. The van der Waals surface area contributed by atoms with Crippen molar-refractivity contribution in [1.29, 1.82) is 0 Å². The molecule has 2 nitrogen and oxygen atoms in total. The average molecular weight is 203 g/mol. The van der Waals surface area contributed by atoms with Crippen LogP contribution in [-0.2, 0) is 4.74 Å². The van der Waals surface area contributed by atoms with Crippen molar-refractivity contribution >= 4 is 0 Å². The molecule has 0 spiro atoms. The van der Waals surface area contributed by atoms with Gasteiger partial charge in [0, 0.05) is 5.92 Å². The Morgan fingerprint density at radius 2 is 2.07 bits per heavy atom. The molecule has 0 heterocycles. The largest absolute Gasteiger partial charge is 0.502 e. The molecule has 1 atom stereocenters. The number of nitrogens with one attached hydrogen (secondary N) is 1. The molecular weight excluding hydrogens is 181 g/mol. The second-order valence-electron chi connectivity index (χ2n) is 3.53. The van der Waals surface area contributed by atoms with Crippen LogP contribution >= 0.6 is 0 Å². The molecule has 1 N–H and O–H groups in total. The van der Waals surface area contributed by atoms with Gasteiger partial charge in [-0.2, -0.15) is 0 Å². The van der Waals surface area contributed by atoms with Crippen molar-refractivity contribution in [2.45, 2.75) is 46.0 Å². The number of hydrogen-bond donors (Lipinski definition) is 1. The molecule has 1 unspecified atom stereocenters. The summed E-state index contributed by atoms with van der Waals surface area (Å²) in [6.07, 6.45) is 6.84. The highest BCUT2D eigenvalue weighted by Crippen LogP contribution is 2.21. The molecule has 0 aromatic rings. The Morgan fingerprint density at radius 1 is 1.36 bits per heavy atom. The van der Waals surface area contributed by atoms with Crippen LogP contribution in [0.3, 0.4) is 0 Å². The number of methoxy groups -OCH3 is 1. The number of allylic oxidation sites excluding steroid dienone is 1. The zero-order chi connectivity index (χ0) is 10.8. The average Bonchev–Trinajstić information content (AvgIpc) is 2.21. The lowest BCUT2D eigenvalue weighted by molar-refractivity contribution is 0.282. The summed E-state index contributed by atoms with van der Waals surface area (Å²) in [4.78, 5) is 0. The van der Waals surface area contributed by atoms with E-state index in [1.165, 1.54) is 6.26 Å². The van der Waals surface area contributed by atoms with Crippen molar-refractivity contribution < 1.29 is 9.22 Å². The molecule has 0 saturated carbocycles. The molecule has 0 aromatic carbocycles. The number of unbranched alkanes of at least 4 members (excludes halogenated alkanes) is 1. The molecule has 84 valence electrons. The fraction of sp³-hybridized carbons (Fsp3) is 0.818. The summed E-state index contributed by atoms with van der Waals surface area (Å²) < 4.78 is 17.3. The molecule has 0 radical (unpaired) electrons. The summed E-state index contributed by atoms with van der Waals surface area (Å²) in [6.45, 7) is 4.26. The molecule has 0 saturated heterocycles. The molecule has 0 aliphatic rings. The molecule has 0 bridgehead atoms. The van der Waals surface area contributed by atoms with Gasteiger partial charge in [0.05, 0.1) is 12.8 Å². The maximum Gasteiger partial charge on any atom is 0.104 e. The van der Waals surface area contributed by atoms with Gasteiger partial charge in [0.25, 0.3) is 0 Å². The molecule has 0 aliphatic heterocycles. The molecule has 0 aliphatic carbocycles. The van der Waals surface area contributed by atoms with Gasteiger partial charge in [-0.25, -0.2) is 5.54 Å². The number of rotatable bonds is 8. The molecule has 0 fully saturated rings. The van der Waals surface area contributed by atoms with Crippen LogP contribution in [0.15, 0.2) is 12.0 Å². The van der Waals surface area contributed by atoms with E-state index in [0.717, 1.165) is 32.1 Å². The van der Waals surface area contributed by atoms with E-state index in [1.54, 1.807) is 12.6 Å². The fourth-order valence-corrected chi connectivity index (χ4v) is 1.58. The number of ether oxygens (including phenoxy) is 1. The minimum atomic E-state index is 0.268. The van der Waals surface area contributed by atoms with Crippen LogP contribution in [0.25, 0.3) is 0 Å². The first-order valence-electron chi connectivity index (χ1n) is 5.39. The van der Waals surface area contributed by atoms with E-state index in [0.29, 0.717) is 5.70 Å². The summed E-state index contributed by atoms with van der Waals surface area (Å²) in [6, 6.07) is 0. The van der Waals surface area contributed by atoms with Crippen LogP contribution in [0.4, 0.5) is 4.48 Å². The van der Waals surface area contributed by atoms with E-state index in [9.17, 15) is 4.48 Å². The van der Waals surface area contributed by atoms with Crippen molar-refractivity contribution in [3.05, 3.63) is 12.0 Å². The predicted molar refractivity (Wildman–Crippen MR) is 57.3 cm³/mol. The van der Waals surface area contributed by atoms with Gasteiger partial charge in [0.1, 0.15) is 6.26 Å². The van der Waals surface area contributed by atoms with Gasteiger partial charge in [-0.15, -0.1) is 4.48 Å². The smallest absolute Gasteiger partial charge is 0.104 e. The minimum absolute atomic E-state index is 0.268. The van der Waals surface area contributed by atoms with Crippen molar-refractivity contribution in [3.8, 4) is 0 Å². The first kappa shape index (κ1) is 13.3. The van der Waals surface area contributed by atoms with Crippen LogP contribution < -0.4 is 5.54 Å².